The van der Waals surface area contributed by atoms with Crippen LogP contribution in [0.2, 0.25) is 0 Å². The molecule has 0 amide bonds. The molecule has 19 heavy (non-hydrogen) atoms. The van der Waals surface area contributed by atoms with Crippen molar-refractivity contribution in [2.75, 3.05) is 6.61 Å². The van der Waals surface area contributed by atoms with E-state index in [1.807, 2.05) is 0 Å². The van der Waals surface area contributed by atoms with E-state index in [4.69, 9.17) is 9.26 Å². The first kappa shape index (κ1) is 12.1. The van der Waals surface area contributed by atoms with Crippen LogP contribution in [0.15, 0.2) is 22.7 Å². The standard InChI is InChI=1S/C13H13FN2O3/c14-8-3-4-11(17)10(6-8)13-15-12(16-19-13)7-9-2-1-5-18-9/h3-4,6,9,17H,1-2,5,7H2. The van der Waals surface area contributed by atoms with E-state index in [-0.39, 0.29) is 23.3 Å². The van der Waals surface area contributed by atoms with E-state index in [1.165, 1.54) is 18.2 Å². The minimum absolute atomic E-state index is 0.0892. The Hall–Kier alpha value is -1.95. The summed E-state index contributed by atoms with van der Waals surface area (Å²) in [7, 11) is 0. The Bertz CT molecular complexity index is 579. The summed E-state index contributed by atoms with van der Waals surface area (Å²) < 4.78 is 23.7. The van der Waals surface area contributed by atoms with Crippen LogP contribution >= 0.6 is 0 Å². The Kier molecular flexibility index (Phi) is 3.16. The summed E-state index contributed by atoms with van der Waals surface area (Å²) in [5, 5.41) is 13.5. The van der Waals surface area contributed by atoms with Gasteiger partial charge in [-0.1, -0.05) is 5.16 Å². The summed E-state index contributed by atoms with van der Waals surface area (Å²) >= 11 is 0. The summed E-state index contributed by atoms with van der Waals surface area (Å²) in [5.41, 5.74) is 0.200. The minimum atomic E-state index is -0.466. The van der Waals surface area contributed by atoms with Gasteiger partial charge in [-0.25, -0.2) is 4.39 Å². The zero-order chi connectivity index (χ0) is 13.2. The number of hydrogen-bond donors (Lipinski definition) is 1. The number of hydrogen-bond acceptors (Lipinski definition) is 5. The fourth-order valence-corrected chi connectivity index (χ4v) is 2.13. The SMILES string of the molecule is Oc1ccc(F)cc1-c1nc(CC2CCCO2)no1. The van der Waals surface area contributed by atoms with Gasteiger partial charge in [0.15, 0.2) is 5.82 Å². The minimum Gasteiger partial charge on any atom is -0.507 e. The van der Waals surface area contributed by atoms with Crippen molar-refractivity contribution in [2.45, 2.75) is 25.4 Å². The van der Waals surface area contributed by atoms with Crippen LogP contribution in [-0.4, -0.2) is 28.0 Å². The van der Waals surface area contributed by atoms with Crippen LogP contribution in [0.1, 0.15) is 18.7 Å². The summed E-state index contributed by atoms with van der Waals surface area (Å²) in [5.74, 6) is 0.0657. The van der Waals surface area contributed by atoms with Crippen molar-refractivity contribution in [3.05, 3.63) is 29.8 Å². The van der Waals surface area contributed by atoms with Gasteiger partial charge in [0.1, 0.15) is 11.6 Å². The molecule has 0 aliphatic carbocycles. The molecule has 6 heteroatoms. The van der Waals surface area contributed by atoms with Gasteiger partial charge < -0.3 is 14.4 Å². The predicted octanol–water partition coefficient (Wildman–Crippen LogP) is 2.30. The van der Waals surface area contributed by atoms with Gasteiger partial charge in [-0.15, -0.1) is 0 Å². The monoisotopic (exact) mass is 264 g/mol. The summed E-state index contributed by atoms with van der Waals surface area (Å²) in [6, 6.07) is 3.59. The first-order valence-corrected chi connectivity index (χ1v) is 6.15. The molecule has 1 aliphatic rings. The third kappa shape index (κ3) is 2.58. The number of aromatic hydroxyl groups is 1. The van der Waals surface area contributed by atoms with Crippen molar-refractivity contribution < 1.29 is 18.8 Å². The average Bonchev–Trinajstić information content (AvgIpc) is 3.04. The molecule has 0 radical (unpaired) electrons. The van der Waals surface area contributed by atoms with Crippen LogP contribution in [0.5, 0.6) is 5.75 Å². The van der Waals surface area contributed by atoms with Crippen molar-refractivity contribution >= 4 is 0 Å². The lowest BCUT2D eigenvalue weighted by atomic mass is 10.1. The van der Waals surface area contributed by atoms with E-state index in [2.05, 4.69) is 10.1 Å². The Morgan fingerprint density at radius 1 is 1.42 bits per heavy atom. The molecule has 2 aromatic rings. The molecule has 0 saturated carbocycles. The number of rotatable bonds is 3. The second-order valence-corrected chi connectivity index (χ2v) is 4.52. The maximum absolute atomic E-state index is 13.1. The Labute approximate surface area is 109 Å². The fraction of sp³-hybridized carbons (Fsp3) is 0.385. The quantitative estimate of drug-likeness (QED) is 0.921. The lowest BCUT2D eigenvalue weighted by Gasteiger charge is -2.03. The number of benzene rings is 1. The Morgan fingerprint density at radius 3 is 3.11 bits per heavy atom. The maximum Gasteiger partial charge on any atom is 0.261 e. The summed E-state index contributed by atoms with van der Waals surface area (Å²) in [6.07, 6.45) is 2.71. The van der Waals surface area contributed by atoms with Crippen molar-refractivity contribution in [3.8, 4) is 17.2 Å². The molecule has 1 aromatic heterocycles. The van der Waals surface area contributed by atoms with E-state index >= 15 is 0 Å². The van der Waals surface area contributed by atoms with Crippen molar-refractivity contribution in [2.24, 2.45) is 0 Å². The number of phenols is 1. The lowest BCUT2D eigenvalue weighted by Crippen LogP contribution is -2.09. The van der Waals surface area contributed by atoms with Gasteiger partial charge in [-0.05, 0) is 31.0 Å². The van der Waals surface area contributed by atoms with Crippen LogP contribution in [0.4, 0.5) is 4.39 Å². The third-order valence-electron chi connectivity index (χ3n) is 3.09. The van der Waals surface area contributed by atoms with E-state index in [1.54, 1.807) is 0 Å². The second kappa shape index (κ2) is 4.97. The third-order valence-corrected chi connectivity index (χ3v) is 3.09. The van der Waals surface area contributed by atoms with E-state index in [9.17, 15) is 9.50 Å². The van der Waals surface area contributed by atoms with Gasteiger partial charge in [0.2, 0.25) is 0 Å². The number of halogens is 1. The highest BCUT2D eigenvalue weighted by atomic mass is 19.1. The molecule has 1 fully saturated rings. The number of phenolic OH excluding ortho intramolecular Hbond substituents is 1. The van der Waals surface area contributed by atoms with Crippen molar-refractivity contribution in [1.29, 1.82) is 0 Å². The van der Waals surface area contributed by atoms with Crippen LogP contribution in [-0.2, 0) is 11.2 Å². The highest BCUT2D eigenvalue weighted by molar-refractivity contribution is 5.61. The molecular weight excluding hydrogens is 251 g/mol. The highest BCUT2D eigenvalue weighted by Crippen LogP contribution is 2.28. The molecule has 0 spiro atoms. The molecular formula is C13H13FN2O3. The molecule has 0 bridgehead atoms. The van der Waals surface area contributed by atoms with E-state index in [0.717, 1.165) is 19.4 Å². The van der Waals surface area contributed by atoms with Crippen LogP contribution in [0.3, 0.4) is 0 Å². The maximum atomic E-state index is 13.1. The zero-order valence-corrected chi connectivity index (χ0v) is 10.2. The molecule has 2 heterocycles. The molecule has 100 valence electrons. The number of ether oxygens (including phenoxy) is 1. The van der Waals surface area contributed by atoms with Crippen molar-refractivity contribution in [1.82, 2.24) is 10.1 Å². The summed E-state index contributed by atoms with van der Waals surface area (Å²) in [4.78, 5) is 4.16. The lowest BCUT2D eigenvalue weighted by molar-refractivity contribution is 0.109. The van der Waals surface area contributed by atoms with Crippen LogP contribution in [0, 0.1) is 5.82 Å². The molecule has 1 unspecified atom stereocenters. The molecule has 1 saturated heterocycles. The van der Waals surface area contributed by atoms with E-state index < -0.39 is 5.82 Å². The average molecular weight is 264 g/mol. The molecule has 5 nitrogen and oxygen atoms in total. The number of nitrogens with zero attached hydrogens (tertiary/aromatic N) is 2. The Morgan fingerprint density at radius 2 is 2.32 bits per heavy atom. The molecule has 3 rings (SSSR count). The van der Waals surface area contributed by atoms with Gasteiger partial charge in [0, 0.05) is 13.0 Å². The summed E-state index contributed by atoms with van der Waals surface area (Å²) in [6.45, 7) is 0.764. The van der Waals surface area contributed by atoms with Crippen molar-refractivity contribution in [3.63, 3.8) is 0 Å². The van der Waals surface area contributed by atoms with E-state index in [0.29, 0.717) is 12.2 Å². The largest absolute Gasteiger partial charge is 0.507 e. The fourth-order valence-electron chi connectivity index (χ4n) is 2.13. The predicted molar refractivity (Wildman–Crippen MR) is 64.0 cm³/mol. The van der Waals surface area contributed by atoms with Crippen LogP contribution < -0.4 is 0 Å². The van der Waals surface area contributed by atoms with Gasteiger partial charge in [0.25, 0.3) is 5.89 Å². The molecule has 1 atom stereocenters. The first-order valence-electron chi connectivity index (χ1n) is 6.15. The topological polar surface area (TPSA) is 68.4 Å². The second-order valence-electron chi connectivity index (χ2n) is 4.52. The smallest absolute Gasteiger partial charge is 0.261 e. The normalized spacial score (nSPS) is 18.9. The molecule has 1 aliphatic heterocycles. The Balaban J connectivity index is 1.82. The van der Waals surface area contributed by atoms with Gasteiger partial charge in [-0.3, -0.25) is 0 Å². The number of aromatic nitrogens is 2. The van der Waals surface area contributed by atoms with Gasteiger partial charge >= 0.3 is 0 Å². The zero-order valence-electron chi connectivity index (χ0n) is 10.2. The van der Waals surface area contributed by atoms with Gasteiger partial charge in [-0.2, -0.15) is 4.98 Å². The first-order chi connectivity index (χ1) is 9.22. The molecule has 1 N–H and O–H groups in total. The highest BCUT2D eigenvalue weighted by Gasteiger charge is 2.20. The van der Waals surface area contributed by atoms with Gasteiger partial charge in [0.05, 0.1) is 11.7 Å². The molecule has 1 aromatic carbocycles. The van der Waals surface area contributed by atoms with Crippen LogP contribution in [0.25, 0.3) is 11.5 Å².